The molecular weight excluding hydrogens is 260 g/mol. The molecule has 0 radical (unpaired) electrons. The lowest BCUT2D eigenvalue weighted by molar-refractivity contribution is 0.322. The topological polar surface area (TPSA) is 41.0 Å². The number of rotatable bonds is 3. The van der Waals surface area contributed by atoms with E-state index in [0.29, 0.717) is 11.2 Å². The molecule has 2 rings (SSSR count). The van der Waals surface area contributed by atoms with E-state index in [0.717, 1.165) is 18.2 Å². The Morgan fingerprint density at radius 2 is 2.16 bits per heavy atom. The van der Waals surface area contributed by atoms with Crippen molar-refractivity contribution in [1.82, 2.24) is 14.9 Å². The van der Waals surface area contributed by atoms with Gasteiger partial charge in [0.05, 0.1) is 0 Å². The SMILES string of the molecule is CN1CCCC1CNc1cc(Cl)nc(C(C)(C)C)n1. The summed E-state index contributed by atoms with van der Waals surface area (Å²) in [6, 6.07) is 2.39. The van der Waals surface area contributed by atoms with Crippen molar-refractivity contribution in [3.8, 4) is 0 Å². The first-order valence-corrected chi connectivity index (χ1v) is 7.23. The molecule has 1 N–H and O–H groups in total. The number of hydrogen-bond acceptors (Lipinski definition) is 4. The van der Waals surface area contributed by atoms with Gasteiger partial charge in [0.1, 0.15) is 16.8 Å². The monoisotopic (exact) mass is 282 g/mol. The lowest BCUT2D eigenvalue weighted by Gasteiger charge is -2.21. The van der Waals surface area contributed by atoms with Crippen LogP contribution in [0.2, 0.25) is 5.15 Å². The van der Waals surface area contributed by atoms with E-state index in [4.69, 9.17) is 11.6 Å². The average molecular weight is 283 g/mol. The molecule has 4 nitrogen and oxygen atoms in total. The van der Waals surface area contributed by atoms with E-state index in [1.807, 2.05) is 0 Å². The summed E-state index contributed by atoms with van der Waals surface area (Å²) in [4.78, 5) is 11.3. The fourth-order valence-corrected chi connectivity index (χ4v) is 2.49. The van der Waals surface area contributed by atoms with Crippen molar-refractivity contribution in [3.63, 3.8) is 0 Å². The van der Waals surface area contributed by atoms with Gasteiger partial charge in [-0.1, -0.05) is 32.4 Å². The van der Waals surface area contributed by atoms with Gasteiger partial charge in [-0.2, -0.15) is 0 Å². The van der Waals surface area contributed by atoms with Crippen LogP contribution < -0.4 is 5.32 Å². The first kappa shape index (κ1) is 14.5. The maximum absolute atomic E-state index is 6.08. The molecule has 0 saturated carbocycles. The summed E-state index contributed by atoms with van der Waals surface area (Å²) in [6.45, 7) is 8.37. The Balaban J connectivity index is 2.06. The molecule has 0 aliphatic carbocycles. The minimum atomic E-state index is -0.0918. The fraction of sp³-hybridized carbons (Fsp3) is 0.714. The smallest absolute Gasteiger partial charge is 0.137 e. The summed E-state index contributed by atoms with van der Waals surface area (Å²) < 4.78 is 0. The molecule has 1 fully saturated rings. The van der Waals surface area contributed by atoms with Crippen LogP contribution in [0.15, 0.2) is 6.07 Å². The van der Waals surface area contributed by atoms with Crippen LogP contribution >= 0.6 is 11.6 Å². The summed E-state index contributed by atoms with van der Waals surface area (Å²) in [5.41, 5.74) is -0.0918. The molecule has 106 valence electrons. The standard InChI is InChI=1S/C14H23ClN4/c1-14(2,3)13-17-11(15)8-12(18-13)16-9-10-6-5-7-19(10)4/h8,10H,5-7,9H2,1-4H3,(H,16,17,18). The predicted octanol–water partition coefficient (Wildman–Crippen LogP) is 2.93. The van der Waals surface area contributed by atoms with E-state index in [1.54, 1.807) is 6.07 Å². The molecule has 0 aromatic carbocycles. The number of halogens is 1. The second-order valence-corrected chi connectivity index (χ2v) is 6.69. The summed E-state index contributed by atoms with van der Waals surface area (Å²) in [5.74, 6) is 1.60. The highest BCUT2D eigenvalue weighted by atomic mass is 35.5. The number of aromatic nitrogens is 2. The first-order valence-electron chi connectivity index (χ1n) is 6.85. The number of nitrogens with one attached hydrogen (secondary N) is 1. The Kier molecular flexibility index (Phi) is 4.31. The molecule has 5 heteroatoms. The Morgan fingerprint density at radius 3 is 2.74 bits per heavy atom. The molecule has 1 aliphatic heterocycles. The third kappa shape index (κ3) is 3.80. The number of anilines is 1. The third-order valence-corrected chi connectivity index (χ3v) is 3.75. The van der Waals surface area contributed by atoms with E-state index in [9.17, 15) is 0 Å². The number of nitrogens with zero attached hydrogens (tertiary/aromatic N) is 3. The zero-order valence-electron chi connectivity index (χ0n) is 12.2. The molecule has 2 heterocycles. The Morgan fingerprint density at radius 1 is 1.42 bits per heavy atom. The van der Waals surface area contributed by atoms with Gasteiger partial charge in [-0.05, 0) is 26.4 Å². The van der Waals surface area contributed by atoms with Gasteiger partial charge in [-0.25, -0.2) is 9.97 Å². The van der Waals surface area contributed by atoms with E-state index in [1.165, 1.54) is 19.4 Å². The van der Waals surface area contributed by atoms with Crippen molar-refractivity contribution in [3.05, 3.63) is 17.0 Å². The molecular formula is C14H23ClN4. The molecule has 1 atom stereocenters. The van der Waals surface area contributed by atoms with Crippen molar-refractivity contribution < 1.29 is 0 Å². The van der Waals surface area contributed by atoms with Crippen molar-refractivity contribution in [1.29, 1.82) is 0 Å². The van der Waals surface area contributed by atoms with Crippen LogP contribution in [0.5, 0.6) is 0 Å². The fourth-order valence-electron chi connectivity index (χ4n) is 2.30. The number of likely N-dealkylation sites (tertiary alicyclic amines) is 1. The molecule has 1 aliphatic rings. The molecule has 19 heavy (non-hydrogen) atoms. The van der Waals surface area contributed by atoms with Crippen molar-refractivity contribution in [2.45, 2.75) is 45.1 Å². The van der Waals surface area contributed by atoms with Crippen molar-refractivity contribution >= 4 is 17.4 Å². The number of likely N-dealkylation sites (N-methyl/N-ethyl adjacent to an activating group) is 1. The Hall–Kier alpha value is -0.870. The predicted molar refractivity (Wildman–Crippen MR) is 79.9 cm³/mol. The van der Waals surface area contributed by atoms with Crippen molar-refractivity contribution in [2.24, 2.45) is 0 Å². The average Bonchev–Trinajstić information content (AvgIpc) is 2.70. The molecule has 1 unspecified atom stereocenters. The molecule has 0 spiro atoms. The summed E-state index contributed by atoms with van der Waals surface area (Å²) in [5, 5.41) is 3.90. The van der Waals surface area contributed by atoms with Crippen LogP contribution in [0.1, 0.15) is 39.4 Å². The number of hydrogen-bond donors (Lipinski definition) is 1. The minimum Gasteiger partial charge on any atom is -0.368 e. The molecule has 0 amide bonds. The van der Waals surface area contributed by atoms with Gasteiger partial charge in [0.2, 0.25) is 0 Å². The Labute approximate surface area is 120 Å². The molecule has 1 aromatic heterocycles. The molecule has 1 saturated heterocycles. The summed E-state index contributed by atoms with van der Waals surface area (Å²) in [7, 11) is 2.17. The highest BCUT2D eigenvalue weighted by molar-refractivity contribution is 6.29. The van der Waals surface area contributed by atoms with Gasteiger partial charge in [0, 0.05) is 24.1 Å². The van der Waals surface area contributed by atoms with Crippen LogP contribution in [-0.2, 0) is 5.41 Å². The van der Waals surface area contributed by atoms with Gasteiger partial charge in [-0.15, -0.1) is 0 Å². The maximum Gasteiger partial charge on any atom is 0.137 e. The Bertz CT molecular complexity index is 442. The second-order valence-electron chi connectivity index (χ2n) is 6.31. The highest BCUT2D eigenvalue weighted by Gasteiger charge is 2.22. The third-order valence-electron chi connectivity index (χ3n) is 3.56. The van der Waals surface area contributed by atoms with E-state index >= 15 is 0 Å². The quantitative estimate of drug-likeness (QED) is 0.866. The van der Waals surface area contributed by atoms with Gasteiger partial charge in [-0.3, -0.25) is 0 Å². The van der Waals surface area contributed by atoms with Gasteiger partial charge >= 0.3 is 0 Å². The summed E-state index contributed by atoms with van der Waals surface area (Å²) >= 11 is 6.08. The molecule has 0 bridgehead atoms. The zero-order chi connectivity index (χ0) is 14.0. The van der Waals surface area contributed by atoms with Crippen molar-refractivity contribution in [2.75, 3.05) is 25.5 Å². The van der Waals surface area contributed by atoms with E-state index in [-0.39, 0.29) is 5.41 Å². The normalized spacial score (nSPS) is 20.8. The zero-order valence-corrected chi connectivity index (χ0v) is 13.0. The van der Waals surface area contributed by atoms with Crippen LogP contribution in [0.4, 0.5) is 5.82 Å². The van der Waals surface area contributed by atoms with Crippen LogP contribution in [-0.4, -0.2) is 41.0 Å². The minimum absolute atomic E-state index is 0.0918. The van der Waals surface area contributed by atoms with Gasteiger partial charge in [0.25, 0.3) is 0 Å². The van der Waals surface area contributed by atoms with E-state index in [2.05, 4.69) is 48.0 Å². The lowest BCUT2D eigenvalue weighted by atomic mass is 9.96. The second kappa shape index (κ2) is 5.63. The van der Waals surface area contributed by atoms with Gasteiger partial charge < -0.3 is 10.2 Å². The first-order chi connectivity index (χ1) is 8.86. The van der Waals surface area contributed by atoms with Gasteiger partial charge in [0.15, 0.2) is 0 Å². The van der Waals surface area contributed by atoms with E-state index < -0.39 is 0 Å². The van der Waals surface area contributed by atoms with Crippen LogP contribution in [0.25, 0.3) is 0 Å². The molecule has 1 aromatic rings. The lowest BCUT2D eigenvalue weighted by Crippen LogP contribution is -2.32. The summed E-state index contributed by atoms with van der Waals surface area (Å²) in [6.07, 6.45) is 2.52. The highest BCUT2D eigenvalue weighted by Crippen LogP contribution is 2.22. The maximum atomic E-state index is 6.08. The van der Waals surface area contributed by atoms with Crippen LogP contribution in [0, 0.1) is 0 Å². The van der Waals surface area contributed by atoms with Crippen LogP contribution in [0.3, 0.4) is 0 Å². The largest absolute Gasteiger partial charge is 0.368 e.